The second kappa shape index (κ2) is 7.84. The molecule has 0 spiro atoms. The minimum absolute atomic E-state index is 0.0374. The van der Waals surface area contributed by atoms with Crippen LogP contribution in [0.15, 0.2) is 17.0 Å². The number of rotatable bonds is 5. The van der Waals surface area contributed by atoms with Crippen LogP contribution in [0.3, 0.4) is 0 Å². The summed E-state index contributed by atoms with van der Waals surface area (Å²) < 4.78 is 31.2. The Labute approximate surface area is 127 Å². The fourth-order valence-corrected chi connectivity index (χ4v) is 3.60. The molecule has 5 nitrogen and oxygen atoms in total. The van der Waals surface area contributed by atoms with Crippen LogP contribution in [0.4, 0.5) is 0 Å². The molecule has 0 heterocycles. The van der Waals surface area contributed by atoms with Gasteiger partial charge in [0.25, 0.3) is 0 Å². The molecule has 0 saturated carbocycles. The third-order valence-electron chi connectivity index (χ3n) is 2.18. The van der Waals surface area contributed by atoms with Crippen molar-refractivity contribution in [2.45, 2.75) is 4.90 Å². The van der Waals surface area contributed by atoms with Gasteiger partial charge in [0.05, 0.1) is 16.7 Å². The molecule has 0 unspecified atom stereocenters. The molecule has 0 bridgehead atoms. The Morgan fingerprint density at radius 1 is 1.35 bits per heavy atom. The molecule has 0 aliphatic heterocycles. The van der Waals surface area contributed by atoms with Crippen LogP contribution in [-0.4, -0.2) is 40.4 Å². The van der Waals surface area contributed by atoms with E-state index in [0.717, 1.165) is 0 Å². The molecule has 8 heteroatoms. The molecule has 0 aliphatic carbocycles. The minimum Gasteiger partial charge on any atom is -0.384 e. The molecule has 0 aromatic heterocycles. The monoisotopic (exact) mass is 337 g/mol. The Morgan fingerprint density at radius 2 is 1.95 bits per heavy atom. The van der Waals surface area contributed by atoms with Gasteiger partial charge in [-0.05, 0) is 12.1 Å². The predicted molar refractivity (Wildman–Crippen MR) is 77.5 cm³/mol. The SMILES string of the molecule is COCCNS(=O)(=O)c1c(Cl)cc(C#CCO)cc1Cl. The first-order chi connectivity index (χ1) is 9.42. The van der Waals surface area contributed by atoms with E-state index in [2.05, 4.69) is 16.6 Å². The van der Waals surface area contributed by atoms with Crippen molar-refractivity contribution in [3.63, 3.8) is 0 Å². The lowest BCUT2D eigenvalue weighted by atomic mass is 10.2. The molecular formula is C12H13Cl2NO4S. The molecule has 1 aromatic rings. The van der Waals surface area contributed by atoms with E-state index in [1.807, 2.05) is 0 Å². The molecule has 0 atom stereocenters. The van der Waals surface area contributed by atoms with Crippen LogP contribution in [0, 0.1) is 11.8 Å². The highest BCUT2D eigenvalue weighted by Gasteiger charge is 2.21. The summed E-state index contributed by atoms with van der Waals surface area (Å²) in [5.41, 5.74) is 0.421. The maximum absolute atomic E-state index is 12.1. The summed E-state index contributed by atoms with van der Waals surface area (Å²) in [7, 11) is -2.36. The van der Waals surface area contributed by atoms with E-state index in [1.54, 1.807) is 0 Å². The van der Waals surface area contributed by atoms with Gasteiger partial charge in [-0.1, -0.05) is 35.0 Å². The summed E-state index contributed by atoms with van der Waals surface area (Å²) in [5.74, 6) is 5.03. The number of sulfonamides is 1. The summed E-state index contributed by atoms with van der Waals surface area (Å²) >= 11 is 11.9. The van der Waals surface area contributed by atoms with Crippen molar-refractivity contribution >= 4 is 33.2 Å². The van der Waals surface area contributed by atoms with Crippen molar-refractivity contribution in [3.8, 4) is 11.8 Å². The molecule has 0 saturated heterocycles. The molecular weight excluding hydrogens is 325 g/mol. The van der Waals surface area contributed by atoms with Crippen LogP contribution in [0.5, 0.6) is 0 Å². The number of aliphatic hydroxyl groups excluding tert-OH is 1. The van der Waals surface area contributed by atoms with Crippen LogP contribution < -0.4 is 4.72 Å². The lowest BCUT2D eigenvalue weighted by Crippen LogP contribution is -2.27. The van der Waals surface area contributed by atoms with E-state index in [1.165, 1.54) is 19.2 Å². The van der Waals surface area contributed by atoms with E-state index in [4.69, 9.17) is 33.0 Å². The quantitative estimate of drug-likeness (QED) is 0.626. The van der Waals surface area contributed by atoms with Gasteiger partial charge in [-0.3, -0.25) is 0 Å². The maximum atomic E-state index is 12.1. The summed E-state index contributed by atoms with van der Waals surface area (Å²) in [5, 5.41) is 8.54. The highest BCUT2D eigenvalue weighted by molar-refractivity contribution is 7.89. The van der Waals surface area contributed by atoms with Gasteiger partial charge in [0.1, 0.15) is 11.5 Å². The lowest BCUT2D eigenvalue weighted by molar-refractivity contribution is 0.204. The largest absolute Gasteiger partial charge is 0.384 e. The summed E-state index contributed by atoms with van der Waals surface area (Å²) in [6.45, 7) is 0.0277. The molecule has 1 rings (SSSR count). The van der Waals surface area contributed by atoms with Crippen LogP contribution in [0.25, 0.3) is 0 Å². The van der Waals surface area contributed by atoms with E-state index in [9.17, 15) is 8.42 Å². The maximum Gasteiger partial charge on any atom is 0.243 e. The number of aliphatic hydroxyl groups is 1. The second-order valence-corrected chi connectivity index (χ2v) is 6.14. The fourth-order valence-electron chi connectivity index (χ4n) is 1.38. The Kier molecular flexibility index (Phi) is 6.76. The van der Waals surface area contributed by atoms with Gasteiger partial charge >= 0.3 is 0 Å². The third-order valence-corrected chi connectivity index (χ3v) is 4.56. The number of nitrogens with one attached hydrogen (secondary N) is 1. The average molecular weight is 338 g/mol. The first-order valence-electron chi connectivity index (χ1n) is 5.49. The molecule has 0 radical (unpaired) electrons. The number of methoxy groups -OCH3 is 1. The van der Waals surface area contributed by atoms with Crippen LogP contribution in [-0.2, 0) is 14.8 Å². The van der Waals surface area contributed by atoms with Crippen molar-refractivity contribution in [2.24, 2.45) is 0 Å². The van der Waals surface area contributed by atoms with Gasteiger partial charge in [0.15, 0.2) is 0 Å². The van der Waals surface area contributed by atoms with Gasteiger partial charge in [0.2, 0.25) is 10.0 Å². The van der Waals surface area contributed by atoms with Crippen LogP contribution in [0.2, 0.25) is 10.0 Å². The Morgan fingerprint density at radius 3 is 2.45 bits per heavy atom. The zero-order chi connectivity index (χ0) is 15.2. The van der Waals surface area contributed by atoms with Gasteiger partial charge in [-0.15, -0.1) is 0 Å². The Balaban J connectivity index is 3.13. The molecule has 0 aliphatic rings. The Bertz CT molecular complexity index is 612. The minimum atomic E-state index is -3.82. The molecule has 0 fully saturated rings. The highest BCUT2D eigenvalue weighted by atomic mass is 35.5. The Hall–Kier alpha value is -0.810. The normalized spacial score (nSPS) is 11.0. The van der Waals surface area contributed by atoms with Crippen molar-refractivity contribution in [3.05, 3.63) is 27.7 Å². The second-order valence-electron chi connectivity index (χ2n) is 3.62. The van der Waals surface area contributed by atoms with Crippen LogP contribution >= 0.6 is 23.2 Å². The number of hydrogen-bond acceptors (Lipinski definition) is 4. The first kappa shape index (κ1) is 17.2. The van der Waals surface area contributed by atoms with Crippen LogP contribution in [0.1, 0.15) is 5.56 Å². The topological polar surface area (TPSA) is 75.6 Å². The molecule has 1 aromatic carbocycles. The average Bonchev–Trinajstić information content (AvgIpc) is 2.35. The van der Waals surface area contributed by atoms with Gasteiger partial charge in [0, 0.05) is 19.2 Å². The lowest BCUT2D eigenvalue weighted by Gasteiger charge is -2.10. The standard InChI is InChI=1S/C12H13Cl2NO4S/c1-19-6-4-15-20(17,18)12-10(13)7-9(3-2-5-16)8-11(12)14/h7-8,15-16H,4-6H2,1H3. The zero-order valence-electron chi connectivity index (χ0n) is 10.6. The van der Waals surface area contributed by atoms with E-state index in [-0.39, 0.29) is 34.7 Å². The van der Waals surface area contributed by atoms with Gasteiger partial charge in [-0.25, -0.2) is 13.1 Å². The first-order valence-corrected chi connectivity index (χ1v) is 7.73. The summed E-state index contributed by atoms with van der Waals surface area (Å²) in [6.07, 6.45) is 0. The number of halogens is 2. The third kappa shape index (κ3) is 4.63. The molecule has 0 amide bonds. The van der Waals surface area contributed by atoms with Crippen molar-refractivity contribution in [1.82, 2.24) is 4.72 Å². The number of hydrogen-bond donors (Lipinski definition) is 2. The van der Waals surface area contributed by atoms with Crippen molar-refractivity contribution in [2.75, 3.05) is 26.9 Å². The summed E-state index contributed by atoms with van der Waals surface area (Å²) in [6, 6.07) is 2.75. The molecule has 2 N–H and O–H groups in total. The predicted octanol–water partition coefficient (Wildman–Crippen LogP) is 1.26. The van der Waals surface area contributed by atoms with E-state index < -0.39 is 10.0 Å². The highest BCUT2D eigenvalue weighted by Crippen LogP contribution is 2.30. The summed E-state index contributed by atoms with van der Waals surface area (Å²) in [4.78, 5) is -0.202. The number of benzene rings is 1. The molecule has 110 valence electrons. The zero-order valence-corrected chi connectivity index (χ0v) is 12.9. The van der Waals surface area contributed by atoms with E-state index >= 15 is 0 Å². The van der Waals surface area contributed by atoms with E-state index in [0.29, 0.717) is 5.56 Å². The van der Waals surface area contributed by atoms with Gasteiger partial charge in [-0.2, -0.15) is 0 Å². The van der Waals surface area contributed by atoms with Gasteiger partial charge < -0.3 is 9.84 Å². The van der Waals surface area contributed by atoms with Crippen molar-refractivity contribution in [1.29, 1.82) is 0 Å². The van der Waals surface area contributed by atoms with Crippen molar-refractivity contribution < 1.29 is 18.3 Å². The molecule has 20 heavy (non-hydrogen) atoms. The number of ether oxygens (including phenoxy) is 1. The smallest absolute Gasteiger partial charge is 0.243 e. The fraction of sp³-hybridized carbons (Fsp3) is 0.333.